The van der Waals surface area contributed by atoms with E-state index in [1.54, 1.807) is 72.8 Å². The number of anilines is 2. The van der Waals surface area contributed by atoms with Gasteiger partial charge in [0.1, 0.15) is 24.4 Å². The number of thioether (sulfide) groups is 2. The van der Waals surface area contributed by atoms with Gasteiger partial charge in [0.05, 0.1) is 49.7 Å². The van der Waals surface area contributed by atoms with Crippen LogP contribution in [-0.2, 0) is 47.7 Å². The van der Waals surface area contributed by atoms with Gasteiger partial charge >= 0.3 is 11.9 Å². The number of aliphatic carboxylic acids is 2. The van der Waals surface area contributed by atoms with Gasteiger partial charge in [0.2, 0.25) is 23.6 Å². The highest BCUT2D eigenvalue weighted by atomic mass is 32.2. The molecule has 94 heavy (non-hydrogen) atoms. The number of amides is 6. The standard InChI is InChI=1S/C66H80N6O20S2/c1-39(73)69-55-49(75)35-65(63(85)86,91-59(55)57(81)51(77)37-67-61(83)45-22-18-43(19-23-45)41-12-5-3-6-13-41)89-28-10-30-93-32-26-53(79)71-47-16-9-17-48(34-47)72-54(80)27-33-94-31-11-29-90-66(64(87)88)36-50(76)56(70-40(2)74)60(92-66)58(82)52(78)38-68-62(84)46-24-20-44(21-25-46)42-14-7-4-8-15-42/h3-9,12-25,34,49-52,55-60,75-78,81-82H,10-11,26-33,35-38H2,1-2H3,(H,67,83)(H,68,84)(H,69,73)(H,70,74)(H,71,79)(H,72,80)(H,85,86)(H,87,88)/t49-,50-,51+,52+,55+,56+,57+,58+,59+,60+,65+,66+/m0/s1. The third-order valence-electron chi connectivity index (χ3n) is 15.4. The molecule has 5 aromatic carbocycles. The number of nitrogens with one attached hydrogen (secondary N) is 6. The highest BCUT2D eigenvalue weighted by Crippen LogP contribution is 2.36. The Morgan fingerprint density at radius 2 is 0.872 bits per heavy atom. The predicted molar refractivity (Wildman–Crippen MR) is 348 cm³/mol. The second-order valence-corrected chi connectivity index (χ2v) is 25.0. The van der Waals surface area contributed by atoms with Crippen LogP contribution in [0.1, 0.15) is 73.1 Å². The lowest BCUT2D eigenvalue weighted by Crippen LogP contribution is -2.68. The van der Waals surface area contributed by atoms with Crippen LogP contribution in [0.4, 0.5) is 11.4 Å². The van der Waals surface area contributed by atoms with E-state index in [1.165, 1.54) is 23.5 Å². The minimum absolute atomic E-state index is 0.0839. The van der Waals surface area contributed by atoms with E-state index in [-0.39, 0.29) is 61.8 Å². The van der Waals surface area contributed by atoms with Gasteiger partial charge in [-0.3, -0.25) is 28.8 Å². The Morgan fingerprint density at radius 1 is 0.511 bits per heavy atom. The van der Waals surface area contributed by atoms with Crippen LogP contribution in [0.2, 0.25) is 0 Å². The molecule has 0 radical (unpaired) electrons. The fraction of sp³-hybridized carbons (Fsp3) is 0.424. The number of carbonyl (C=O) groups excluding carboxylic acids is 6. The summed E-state index contributed by atoms with van der Waals surface area (Å²) in [7, 11) is 0. The first kappa shape index (κ1) is 73.6. The lowest BCUT2D eigenvalue weighted by molar-refractivity contribution is -0.310. The summed E-state index contributed by atoms with van der Waals surface area (Å²) in [6, 6.07) is 36.1. The van der Waals surface area contributed by atoms with Crippen molar-refractivity contribution < 1.29 is 98.2 Å². The van der Waals surface area contributed by atoms with E-state index in [0.717, 1.165) is 36.1 Å². The number of hydrogen-bond acceptors (Lipinski definition) is 20. The average molecular weight is 1340 g/mol. The molecule has 0 saturated carbocycles. The van der Waals surface area contributed by atoms with E-state index in [2.05, 4.69) is 31.9 Å². The number of hydrogen-bond donors (Lipinski definition) is 14. The molecule has 7 rings (SSSR count). The quantitative estimate of drug-likeness (QED) is 0.0263. The number of benzene rings is 5. The van der Waals surface area contributed by atoms with Crippen LogP contribution in [-0.4, -0.2) is 210 Å². The molecular formula is C66H80N6O20S2. The van der Waals surface area contributed by atoms with Gasteiger partial charge in [-0.15, -0.1) is 0 Å². The van der Waals surface area contributed by atoms with Crippen LogP contribution >= 0.6 is 23.5 Å². The molecule has 2 saturated heterocycles. The summed E-state index contributed by atoms with van der Waals surface area (Å²) < 4.78 is 23.2. The Balaban J connectivity index is 0.786. The Hall–Kier alpha value is -7.84. The van der Waals surface area contributed by atoms with Crippen LogP contribution in [0, 0.1) is 0 Å². The summed E-state index contributed by atoms with van der Waals surface area (Å²) in [6.07, 6.45) is -14.7. The molecule has 0 aliphatic carbocycles. The fourth-order valence-electron chi connectivity index (χ4n) is 10.5. The van der Waals surface area contributed by atoms with Crippen LogP contribution in [0.3, 0.4) is 0 Å². The van der Waals surface area contributed by atoms with E-state index in [9.17, 15) is 79.2 Å². The van der Waals surface area contributed by atoms with E-state index < -0.39 is 134 Å². The summed E-state index contributed by atoms with van der Waals surface area (Å²) in [6.45, 7) is 0.853. The van der Waals surface area contributed by atoms with Crippen molar-refractivity contribution in [2.45, 2.75) is 125 Å². The Bertz CT molecular complexity index is 3130. The maximum absolute atomic E-state index is 13.0. The van der Waals surface area contributed by atoms with Crippen molar-refractivity contribution in [3.8, 4) is 22.3 Å². The minimum Gasteiger partial charge on any atom is -0.477 e. The Kier molecular flexibility index (Phi) is 27.9. The monoisotopic (exact) mass is 1340 g/mol. The van der Waals surface area contributed by atoms with E-state index >= 15 is 0 Å². The molecule has 506 valence electrons. The number of rotatable bonds is 34. The van der Waals surface area contributed by atoms with Crippen molar-refractivity contribution >= 4 is 82.3 Å². The van der Waals surface area contributed by atoms with Crippen LogP contribution in [0.5, 0.6) is 0 Å². The number of ether oxygens (including phenoxy) is 4. The Morgan fingerprint density at radius 3 is 1.22 bits per heavy atom. The zero-order valence-electron chi connectivity index (χ0n) is 51.7. The third kappa shape index (κ3) is 21.1. The van der Waals surface area contributed by atoms with Crippen molar-refractivity contribution in [3.05, 3.63) is 145 Å². The number of carbonyl (C=O) groups is 8. The first-order chi connectivity index (χ1) is 45.0. The molecule has 0 bridgehead atoms. The fourth-order valence-corrected chi connectivity index (χ4v) is 12.2. The molecule has 28 heteroatoms. The smallest absolute Gasteiger partial charge is 0.364 e. The molecule has 2 aliphatic heterocycles. The van der Waals surface area contributed by atoms with E-state index in [1.807, 2.05) is 60.7 Å². The third-order valence-corrected chi connectivity index (χ3v) is 17.5. The minimum atomic E-state index is -2.51. The summed E-state index contributed by atoms with van der Waals surface area (Å²) in [5, 5.41) is 103. The second-order valence-electron chi connectivity index (χ2n) is 22.5. The van der Waals surface area contributed by atoms with Gasteiger partial charge in [-0.05, 0) is 89.1 Å². The molecule has 12 atom stereocenters. The van der Waals surface area contributed by atoms with Crippen LogP contribution in [0.25, 0.3) is 22.3 Å². The first-order valence-corrected chi connectivity index (χ1v) is 32.7. The summed E-state index contributed by atoms with van der Waals surface area (Å²) in [5.74, 6) is -9.85. The van der Waals surface area contributed by atoms with Gasteiger partial charge in [-0.1, -0.05) is 91.0 Å². The highest BCUT2D eigenvalue weighted by molar-refractivity contribution is 7.99. The highest BCUT2D eigenvalue weighted by Gasteiger charge is 2.57. The summed E-state index contributed by atoms with van der Waals surface area (Å²) in [5.41, 5.74) is 4.98. The predicted octanol–water partition coefficient (Wildman–Crippen LogP) is 3.13. The van der Waals surface area contributed by atoms with Crippen molar-refractivity contribution in [2.75, 3.05) is 59.9 Å². The van der Waals surface area contributed by atoms with Gasteiger partial charge in [0.15, 0.2) is 0 Å². The number of aliphatic hydroxyl groups excluding tert-OH is 6. The van der Waals surface area contributed by atoms with E-state index in [4.69, 9.17) is 18.9 Å². The van der Waals surface area contributed by atoms with Crippen molar-refractivity contribution in [1.82, 2.24) is 21.3 Å². The zero-order valence-corrected chi connectivity index (χ0v) is 53.3. The maximum Gasteiger partial charge on any atom is 0.364 e. The molecule has 2 heterocycles. The van der Waals surface area contributed by atoms with E-state index in [0.29, 0.717) is 34.4 Å². The van der Waals surface area contributed by atoms with Gasteiger partial charge in [-0.25, -0.2) is 9.59 Å². The van der Waals surface area contributed by atoms with Crippen LogP contribution in [0.15, 0.2) is 133 Å². The normalized spacial score (nSPS) is 22.3. The van der Waals surface area contributed by atoms with Gasteiger partial charge in [0.25, 0.3) is 23.4 Å². The average Bonchev–Trinajstić information content (AvgIpc) is 0.777. The molecule has 2 fully saturated rings. The maximum atomic E-state index is 13.0. The van der Waals surface area contributed by atoms with Crippen molar-refractivity contribution in [2.24, 2.45) is 0 Å². The summed E-state index contributed by atoms with van der Waals surface area (Å²) in [4.78, 5) is 102. The molecule has 0 aromatic heterocycles. The van der Waals surface area contributed by atoms with Crippen molar-refractivity contribution in [1.29, 1.82) is 0 Å². The molecule has 5 aromatic rings. The number of carboxylic acids is 2. The summed E-state index contributed by atoms with van der Waals surface area (Å²) >= 11 is 2.74. The second kappa shape index (κ2) is 35.6. The molecule has 14 N–H and O–H groups in total. The van der Waals surface area contributed by atoms with Gasteiger partial charge in [0, 0.05) is 86.6 Å². The SMILES string of the molecule is CC(=O)N[C@H]1[C@H]([C@H](O)[C@H](O)CNC(=O)c2ccc(-c3ccccc3)cc2)O[C@@](OCCCSCCC(=O)Nc2cccc(NC(=O)CCSCCCO[C@]3(C(=O)O)C[C@H](O)[C@@H](NC(C)=O)[C@H]([C@H](O)[C@H](O)CNC(=O)c4ccc(-c5ccccc5)cc4)O3)c2)(C(=O)O)C[C@@H]1O. The van der Waals surface area contributed by atoms with Crippen LogP contribution < -0.4 is 31.9 Å². The van der Waals surface area contributed by atoms with Crippen molar-refractivity contribution in [3.63, 3.8) is 0 Å². The number of aliphatic hydroxyl groups is 6. The number of carboxylic acid groups (broad SMARTS) is 2. The van der Waals surface area contributed by atoms with Gasteiger partial charge < -0.3 is 91.7 Å². The lowest BCUT2D eigenvalue weighted by atomic mass is 9.88. The molecular weight excluding hydrogens is 1260 g/mol. The van der Waals surface area contributed by atoms with Gasteiger partial charge in [-0.2, -0.15) is 23.5 Å². The Labute approximate surface area is 550 Å². The molecule has 26 nitrogen and oxygen atoms in total. The lowest BCUT2D eigenvalue weighted by Gasteiger charge is -2.46. The molecule has 6 amide bonds. The molecule has 0 spiro atoms. The molecule has 0 unspecified atom stereocenters. The largest absolute Gasteiger partial charge is 0.477 e. The zero-order chi connectivity index (χ0) is 68.0. The first-order valence-electron chi connectivity index (χ1n) is 30.4. The molecule has 2 aliphatic rings. The topological polar surface area (TPSA) is 408 Å².